The number of anilines is 1. The first-order valence-electron chi connectivity index (χ1n) is 17.4. The van der Waals surface area contributed by atoms with Gasteiger partial charge in [-0.1, -0.05) is 74.0 Å². The number of nitrogens with zero attached hydrogens (tertiary/aromatic N) is 2. The smallest absolute Gasteiger partial charge is 0.413 e. The Morgan fingerprint density at radius 1 is 1.07 bits per heavy atom. The zero-order valence-electron chi connectivity index (χ0n) is 31.7. The number of allylic oxidation sites excluding steroid dienone is 4. The second kappa shape index (κ2) is 18.8. The van der Waals surface area contributed by atoms with E-state index < -0.39 is 64.8 Å². The first-order valence-corrected chi connectivity index (χ1v) is 18.2. The van der Waals surface area contributed by atoms with Gasteiger partial charge in [-0.2, -0.15) is 5.26 Å². The molecule has 2 aliphatic rings. The summed E-state index contributed by atoms with van der Waals surface area (Å²) in [4.78, 5) is 41.7. The number of amides is 2. The third-order valence-corrected chi connectivity index (χ3v) is 9.78. The molecular weight excluding hydrogens is 754 g/mol. The molecule has 6 atom stereocenters. The molecule has 1 heterocycles. The van der Waals surface area contributed by atoms with Gasteiger partial charge in [-0.15, -0.1) is 0 Å². The van der Waals surface area contributed by atoms with Gasteiger partial charge in [-0.05, 0) is 41.8 Å². The van der Waals surface area contributed by atoms with Gasteiger partial charge in [0.1, 0.15) is 17.0 Å². The molecule has 2 amide bonds. The molecule has 15 heteroatoms. The van der Waals surface area contributed by atoms with Crippen LogP contribution in [0, 0.1) is 46.2 Å². The highest BCUT2D eigenvalue weighted by molar-refractivity contribution is 6.32. The summed E-state index contributed by atoms with van der Waals surface area (Å²) < 4.78 is 42.3. The van der Waals surface area contributed by atoms with Gasteiger partial charge < -0.3 is 39.2 Å². The van der Waals surface area contributed by atoms with Crippen molar-refractivity contribution in [1.29, 1.82) is 5.26 Å². The number of hydrogen-bond donors (Lipinski definition) is 2. The van der Waals surface area contributed by atoms with E-state index in [0.29, 0.717) is 0 Å². The van der Waals surface area contributed by atoms with Gasteiger partial charge in [0.25, 0.3) is 0 Å². The van der Waals surface area contributed by atoms with E-state index in [0.717, 1.165) is 6.07 Å². The van der Waals surface area contributed by atoms with E-state index in [1.807, 2.05) is 20.8 Å². The zero-order chi connectivity index (χ0) is 40.5. The Hall–Kier alpha value is -4.63. The van der Waals surface area contributed by atoms with E-state index in [4.69, 9.17) is 46.9 Å². The summed E-state index contributed by atoms with van der Waals surface area (Å²) in [5, 5.41) is 17.8. The molecule has 1 aliphatic carbocycles. The normalized spacial score (nSPS) is 22.2. The van der Waals surface area contributed by atoms with Crippen LogP contribution < -0.4 is 15.4 Å². The summed E-state index contributed by atoms with van der Waals surface area (Å²) in [5.74, 6) is 2.33. The van der Waals surface area contributed by atoms with Crippen molar-refractivity contribution in [2.45, 2.75) is 51.5 Å². The Bertz CT molecular complexity index is 1910. The summed E-state index contributed by atoms with van der Waals surface area (Å²) >= 11 is 12.4. The van der Waals surface area contributed by atoms with E-state index in [-0.39, 0.29) is 58.9 Å². The maximum atomic E-state index is 16.0. The summed E-state index contributed by atoms with van der Waals surface area (Å²) in [7, 11) is 4.37. The number of nitrogens with one attached hydrogen (secondary N) is 2. The highest BCUT2D eigenvalue weighted by Crippen LogP contribution is 2.52. The number of carbonyl (C=O) groups is 3. The minimum atomic E-state index is -1.63. The van der Waals surface area contributed by atoms with E-state index in [1.54, 1.807) is 18.2 Å². The number of esters is 1. The van der Waals surface area contributed by atoms with Crippen molar-refractivity contribution in [3.63, 3.8) is 0 Å². The fourth-order valence-electron chi connectivity index (χ4n) is 6.89. The van der Waals surface area contributed by atoms with Crippen LogP contribution in [0.15, 0.2) is 59.7 Å². The molecule has 0 radical (unpaired) electrons. The van der Waals surface area contributed by atoms with Crippen molar-refractivity contribution in [3.8, 4) is 23.7 Å². The lowest BCUT2D eigenvalue weighted by Crippen LogP contribution is -2.51. The molecule has 0 aromatic heterocycles. The molecule has 2 aromatic rings. The average Bonchev–Trinajstić information content (AvgIpc) is 3.35. The van der Waals surface area contributed by atoms with Gasteiger partial charge in [0.05, 0.1) is 48.7 Å². The Morgan fingerprint density at radius 2 is 1.76 bits per heavy atom. The highest BCUT2D eigenvalue weighted by atomic mass is 35.5. The maximum absolute atomic E-state index is 16.0. The van der Waals surface area contributed by atoms with Gasteiger partial charge in [0.2, 0.25) is 12.2 Å². The molecule has 55 heavy (non-hydrogen) atoms. The van der Waals surface area contributed by atoms with Gasteiger partial charge in [0, 0.05) is 62.7 Å². The minimum Gasteiger partial charge on any atom is -0.495 e. The Morgan fingerprint density at radius 3 is 2.36 bits per heavy atom. The quantitative estimate of drug-likeness (QED) is 0.124. The monoisotopic (exact) mass is 798 g/mol. The molecule has 2 N–H and O–H groups in total. The van der Waals surface area contributed by atoms with Gasteiger partial charge in [-0.3, -0.25) is 4.79 Å². The third-order valence-electron chi connectivity index (χ3n) is 9.33. The molecular formula is C40H45Cl2FN4O8. The van der Waals surface area contributed by atoms with Gasteiger partial charge in [-0.25, -0.2) is 14.0 Å². The van der Waals surface area contributed by atoms with Crippen molar-refractivity contribution >= 4 is 46.9 Å². The minimum absolute atomic E-state index is 0.0444. The largest absolute Gasteiger partial charge is 0.495 e. The van der Waals surface area contributed by atoms with Crippen molar-refractivity contribution in [1.82, 2.24) is 10.2 Å². The second-order valence-electron chi connectivity index (χ2n) is 14.0. The van der Waals surface area contributed by atoms with Crippen LogP contribution in [-0.4, -0.2) is 88.9 Å². The number of methoxy groups -OCH3 is 3. The first kappa shape index (κ1) is 43.1. The van der Waals surface area contributed by atoms with Crippen LogP contribution in [0.2, 0.25) is 5.02 Å². The zero-order valence-corrected chi connectivity index (χ0v) is 33.2. The second-order valence-corrected chi connectivity index (χ2v) is 14.8. The van der Waals surface area contributed by atoms with Crippen LogP contribution >= 0.6 is 23.2 Å². The van der Waals surface area contributed by atoms with Crippen molar-refractivity contribution in [3.05, 3.63) is 81.6 Å². The lowest BCUT2D eigenvalue weighted by Gasteiger charge is -2.41. The Kier molecular flexibility index (Phi) is 14.7. The number of nitriles is 1. The molecule has 0 bridgehead atoms. The molecule has 4 unspecified atom stereocenters. The first-order chi connectivity index (χ1) is 26.1. The number of benzene rings is 2. The van der Waals surface area contributed by atoms with Gasteiger partial charge >= 0.3 is 12.1 Å². The predicted octanol–water partition coefficient (Wildman–Crippen LogP) is 6.44. The van der Waals surface area contributed by atoms with Crippen LogP contribution in [-0.2, 0) is 29.2 Å². The number of ether oxygens (including phenoxy) is 5. The molecule has 1 saturated heterocycles. The molecule has 4 rings (SSSR count). The fraction of sp³-hybridized carbons (Fsp3) is 0.450. The summed E-state index contributed by atoms with van der Waals surface area (Å²) in [6.07, 6.45) is 3.06. The topological polar surface area (TPSA) is 148 Å². The maximum Gasteiger partial charge on any atom is 0.413 e. The van der Waals surface area contributed by atoms with Crippen molar-refractivity contribution in [2.75, 3.05) is 52.9 Å². The molecule has 12 nitrogen and oxygen atoms in total. The average molecular weight is 800 g/mol. The molecule has 294 valence electrons. The lowest BCUT2D eigenvalue weighted by molar-refractivity contribution is -0.119. The fourth-order valence-corrected chi connectivity index (χ4v) is 7.18. The predicted molar refractivity (Wildman–Crippen MR) is 205 cm³/mol. The summed E-state index contributed by atoms with van der Waals surface area (Å²) in [6.45, 7) is 8.11. The van der Waals surface area contributed by atoms with E-state index in [1.165, 1.54) is 63.5 Å². The molecule has 2 aromatic carbocycles. The Labute approximate surface area is 330 Å². The van der Waals surface area contributed by atoms with E-state index in [2.05, 4.69) is 28.5 Å². The number of hydrogen-bond acceptors (Lipinski definition) is 10. The highest BCUT2D eigenvalue weighted by Gasteiger charge is 2.64. The number of carbonyl (C=O) groups excluding carboxylic acids is 3. The summed E-state index contributed by atoms with van der Waals surface area (Å²) in [5.41, 5.74) is -1.99. The van der Waals surface area contributed by atoms with Crippen LogP contribution in [0.4, 0.5) is 14.9 Å². The lowest BCUT2D eigenvalue weighted by atomic mass is 9.58. The Balaban J connectivity index is 1.64. The van der Waals surface area contributed by atoms with E-state index in [9.17, 15) is 19.6 Å². The molecule has 1 aliphatic heterocycles. The third kappa shape index (κ3) is 9.98. The van der Waals surface area contributed by atoms with Crippen LogP contribution in [0.5, 0.6) is 5.75 Å². The number of rotatable bonds is 14. The van der Waals surface area contributed by atoms with E-state index >= 15 is 4.39 Å². The summed E-state index contributed by atoms with van der Waals surface area (Å²) in [6, 6.07) is 8.95. The van der Waals surface area contributed by atoms with Crippen molar-refractivity contribution in [2.24, 2.45) is 17.3 Å². The molecule has 0 saturated carbocycles. The standard InChI is InChI=1S/C40H45Cl2FN4O8/c1-24(55-38(50)47(17-19-51-5)18-20-52-6)54-36(49)26-12-16-31(32(21-26)53-7)45-35(48)34-33(25-9-8-10-27(41)13-11-25)40(23-44,37(46-34)39(2,3)4)29-15-14-28(42)22-30(29)43/h8-10,12,14-16,21-22,24-25,33-34,37,46H,17-20H2,1-7H3,(H,45,48)/t24?,25?,33?,34-,37?,40-/m1/s1. The number of halogens is 3. The van der Waals surface area contributed by atoms with Crippen LogP contribution in [0.1, 0.15) is 43.6 Å². The SMILES string of the molecule is COCCN(CCOC)C(=O)OC(C)OC(=O)c1ccc(NC(=O)[C@@H]2NC(C(C)(C)C)[C@](C#N)(c3ccc(Cl)cc3F)C2C2C#CC(Cl)=CC=C2)c(OC)c1. The molecule has 0 spiro atoms. The van der Waals surface area contributed by atoms with Crippen LogP contribution in [0.25, 0.3) is 0 Å². The molecule has 1 fully saturated rings. The van der Waals surface area contributed by atoms with Gasteiger partial charge in [0.15, 0.2) is 0 Å². The van der Waals surface area contributed by atoms with Crippen molar-refractivity contribution < 1.29 is 42.5 Å². The van der Waals surface area contributed by atoms with Crippen LogP contribution in [0.3, 0.4) is 0 Å².